The van der Waals surface area contributed by atoms with Crippen molar-refractivity contribution in [2.45, 2.75) is 26.9 Å². The van der Waals surface area contributed by atoms with Crippen molar-refractivity contribution in [1.82, 2.24) is 0 Å². The molecule has 1 N–H and O–H groups in total. The number of aryl methyl sites for hydroxylation is 2. The number of nitrogens with zero attached hydrogens (tertiary/aromatic N) is 1. The molecule has 5 heteroatoms. The zero-order valence-corrected chi connectivity index (χ0v) is 14.4. The zero-order chi connectivity index (χ0) is 17.5. The third-order valence-corrected chi connectivity index (χ3v) is 3.58. The molecule has 1 atom stereocenters. The van der Waals surface area contributed by atoms with Crippen LogP contribution in [0.5, 0.6) is 5.75 Å². The molecule has 2 rings (SSSR count). The third-order valence-electron chi connectivity index (χ3n) is 3.58. The number of benzene rings is 2. The Balaban J connectivity index is 1.98. The number of anilines is 1. The summed E-state index contributed by atoms with van der Waals surface area (Å²) in [5.41, 5.74) is 3.68. The smallest absolute Gasteiger partial charge is 0.268 e. The second-order valence-corrected chi connectivity index (χ2v) is 5.53. The third kappa shape index (κ3) is 4.59. The van der Waals surface area contributed by atoms with E-state index in [0.717, 1.165) is 16.7 Å². The quantitative estimate of drug-likeness (QED) is 0.650. The molecule has 2 aromatic rings. The predicted octanol–water partition coefficient (Wildman–Crippen LogP) is 3.69. The molecule has 24 heavy (non-hydrogen) atoms. The molecule has 0 fully saturated rings. The van der Waals surface area contributed by atoms with Crippen molar-refractivity contribution < 1.29 is 14.4 Å². The monoisotopic (exact) mass is 326 g/mol. The number of rotatable bonds is 6. The van der Waals surface area contributed by atoms with E-state index in [-0.39, 0.29) is 5.91 Å². The van der Waals surface area contributed by atoms with Crippen LogP contribution in [0.2, 0.25) is 0 Å². The van der Waals surface area contributed by atoms with Crippen LogP contribution in [0.25, 0.3) is 0 Å². The average molecular weight is 326 g/mol. The molecule has 126 valence electrons. The van der Waals surface area contributed by atoms with Crippen molar-refractivity contribution in [3.8, 4) is 5.75 Å². The number of ether oxygens (including phenoxy) is 1. The highest BCUT2D eigenvalue weighted by atomic mass is 16.6. The Morgan fingerprint density at radius 1 is 1.21 bits per heavy atom. The molecular weight excluding hydrogens is 304 g/mol. The van der Waals surface area contributed by atoms with E-state index in [4.69, 9.17) is 9.57 Å². The fraction of sp³-hybridized carbons (Fsp3) is 0.263. The van der Waals surface area contributed by atoms with E-state index in [1.54, 1.807) is 20.2 Å². The molecule has 5 nitrogen and oxygen atoms in total. The van der Waals surface area contributed by atoms with E-state index >= 15 is 0 Å². The Morgan fingerprint density at radius 2 is 1.96 bits per heavy atom. The molecule has 0 aliphatic heterocycles. The first-order valence-corrected chi connectivity index (χ1v) is 7.71. The maximum absolute atomic E-state index is 12.2. The number of carbonyl (C=O) groups excluding carboxylic acids is 1. The van der Waals surface area contributed by atoms with Crippen LogP contribution in [-0.2, 0) is 9.63 Å². The number of oxime groups is 1. The van der Waals surface area contributed by atoms with Gasteiger partial charge in [-0.05, 0) is 49.6 Å². The Kier molecular flexibility index (Phi) is 5.95. The Hall–Kier alpha value is -2.82. The zero-order valence-electron chi connectivity index (χ0n) is 14.4. The molecule has 0 aliphatic rings. The summed E-state index contributed by atoms with van der Waals surface area (Å²) < 4.78 is 5.25. The molecule has 0 heterocycles. The van der Waals surface area contributed by atoms with Crippen LogP contribution in [0.15, 0.2) is 47.6 Å². The predicted molar refractivity (Wildman–Crippen MR) is 95.7 cm³/mol. The summed E-state index contributed by atoms with van der Waals surface area (Å²) in [4.78, 5) is 17.5. The van der Waals surface area contributed by atoms with E-state index in [9.17, 15) is 4.79 Å². The SMILES string of the molecule is COc1ccc(C)cc1NC(=O)C(C)O/N=C/c1ccccc1C. The molecule has 0 saturated heterocycles. The van der Waals surface area contributed by atoms with Gasteiger partial charge in [-0.2, -0.15) is 0 Å². The number of nitrogens with one attached hydrogen (secondary N) is 1. The van der Waals surface area contributed by atoms with Crippen molar-refractivity contribution in [2.75, 3.05) is 12.4 Å². The summed E-state index contributed by atoms with van der Waals surface area (Å²) in [6, 6.07) is 13.4. The normalized spacial score (nSPS) is 12.0. The van der Waals surface area contributed by atoms with Crippen LogP contribution in [0.4, 0.5) is 5.69 Å². The van der Waals surface area contributed by atoms with Crippen molar-refractivity contribution in [3.05, 3.63) is 59.2 Å². The van der Waals surface area contributed by atoms with Gasteiger partial charge >= 0.3 is 0 Å². The molecule has 0 spiro atoms. The molecule has 0 aromatic heterocycles. The van der Waals surface area contributed by atoms with Crippen molar-refractivity contribution in [2.24, 2.45) is 5.16 Å². The first kappa shape index (κ1) is 17.5. The van der Waals surface area contributed by atoms with Crippen LogP contribution in [0, 0.1) is 13.8 Å². The van der Waals surface area contributed by atoms with Gasteiger partial charge in [-0.25, -0.2) is 0 Å². The standard InChI is InChI=1S/C19H22N2O3/c1-13-9-10-18(23-4)17(11-13)21-19(22)15(3)24-20-12-16-8-6-5-7-14(16)2/h5-12,15H,1-4H3,(H,21,22)/b20-12+. The van der Waals surface area contributed by atoms with Crippen LogP contribution < -0.4 is 10.1 Å². The molecule has 2 aromatic carbocycles. The fourth-order valence-corrected chi connectivity index (χ4v) is 2.11. The van der Waals surface area contributed by atoms with Gasteiger partial charge in [0.05, 0.1) is 19.0 Å². The highest BCUT2D eigenvalue weighted by molar-refractivity contribution is 5.95. The minimum Gasteiger partial charge on any atom is -0.495 e. The summed E-state index contributed by atoms with van der Waals surface area (Å²) in [5.74, 6) is 0.311. The summed E-state index contributed by atoms with van der Waals surface area (Å²) >= 11 is 0. The second-order valence-electron chi connectivity index (χ2n) is 5.53. The van der Waals surface area contributed by atoms with Crippen LogP contribution >= 0.6 is 0 Å². The fourth-order valence-electron chi connectivity index (χ4n) is 2.11. The topological polar surface area (TPSA) is 59.9 Å². The van der Waals surface area contributed by atoms with E-state index in [1.807, 2.05) is 56.3 Å². The Labute approximate surface area is 142 Å². The molecule has 0 radical (unpaired) electrons. The van der Waals surface area contributed by atoms with Gasteiger partial charge in [-0.15, -0.1) is 0 Å². The van der Waals surface area contributed by atoms with Crippen LogP contribution in [-0.4, -0.2) is 25.3 Å². The largest absolute Gasteiger partial charge is 0.495 e. The van der Waals surface area contributed by atoms with Gasteiger partial charge in [0.25, 0.3) is 5.91 Å². The van der Waals surface area contributed by atoms with Crippen molar-refractivity contribution >= 4 is 17.8 Å². The Bertz CT molecular complexity index is 741. The van der Waals surface area contributed by atoms with Gasteiger partial charge in [0.1, 0.15) is 5.75 Å². The molecule has 1 amide bonds. The van der Waals surface area contributed by atoms with E-state index < -0.39 is 6.10 Å². The maximum Gasteiger partial charge on any atom is 0.268 e. The van der Waals surface area contributed by atoms with Crippen molar-refractivity contribution in [1.29, 1.82) is 0 Å². The lowest BCUT2D eigenvalue weighted by molar-refractivity contribution is -0.126. The van der Waals surface area contributed by atoms with Gasteiger partial charge in [-0.1, -0.05) is 35.5 Å². The van der Waals surface area contributed by atoms with Gasteiger partial charge in [0.15, 0.2) is 0 Å². The van der Waals surface area contributed by atoms with Gasteiger partial charge < -0.3 is 14.9 Å². The summed E-state index contributed by atoms with van der Waals surface area (Å²) in [6.45, 7) is 5.58. The lowest BCUT2D eigenvalue weighted by Gasteiger charge is -2.13. The van der Waals surface area contributed by atoms with Gasteiger partial charge in [-0.3, -0.25) is 4.79 Å². The van der Waals surface area contributed by atoms with Crippen LogP contribution in [0.3, 0.4) is 0 Å². The molecular formula is C19H22N2O3. The lowest BCUT2D eigenvalue weighted by atomic mass is 10.1. The maximum atomic E-state index is 12.2. The summed E-state index contributed by atoms with van der Waals surface area (Å²) in [5, 5.41) is 6.71. The van der Waals surface area contributed by atoms with E-state index in [0.29, 0.717) is 11.4 Å². The van der Waals surface area contributed by atoms with Crippen LogP contribution in [0.1, 0.15) is 23.6 Å². The molecule has 1 unspecified atom stereocenters. The summed E-state index contributed by atoms with van der Waals surface area (Å²) in [6.07, 6.45) is 0.877. The number of methoxy groups -OCH3 is 1. The van der Waals surface area contributed by atoms with Crippen molar-refractivity contribution in [3.63, 3.8) is 0 Å². The number of amides is 1. The molecule has 0 saturated carbocycles. The first-order valence-electron chi connectivity index (χ1n) is 7.71. The minimum absolute atomic E-state index is 0.291. The second kappa shape index (κ2) is 8.15. The van der Waals surface area contributed by atoms with Gasteiger partial charge in [0, 0.05) is 0 Å². The first-order chi connectivity index (χ1) is 11.5. The highest BCUT2D eigenvalue weighted by Crippen LogP contribution is 2.25. The number of carbonyl (C=O) groups is 1. The van der Waals surface area contributed by atoms with Gasteiger partial charge in [0.2, 0.25) is 6.10 Å². The average Bonchev–Trinajstić information content (AvgIpc) is 2.56. The highest BCUT2D eigenvalue weighted by Gasteiger charge is 2.16. The lowest BCUT2D eigenvalue weighted by Crippen LogP contribution is -2.26. The van der Waals surface area contributed by atoms with E-state index in [2.05, 4.69) is 10.5 Å². The minimum atomic E-state index is -0.726. The molecule has 0 bridgehead atoms. The van der Waals surface area contributed by atoms with E-state index in [1.165, 1.54) is 0 Å². The number of hydrogen-bond donors (Lipinski definition) is 1. The number of hydrogen-bond acceptors (Lipinski definition) is 4. The summed E-state index contributed by atoms with van der Waals surface area (Å²) in [7, 11) is 1.56. The Morgan fingerprint density at radius 3 is 2.67 bits per heavy atom. The molecule has 0 aliphatic carbocycles.